The van der Waals surface area contributed by atoms with Crippen LogP contribution in [0.3, 0.4) is 0 Å². The van der Waals surface area contributed by atoms with Crippen LogP contribution in [0.4, 0.5) is 4.79 Å². The topological polar surface area (TPSA) is 84.7 Å². The molecule has 2 aliphatic rings. The molecule has 6 heteroatoms. The lowest BCUT2D eigenvalue weighted by Crippen LogP contribution is -2.59. The lowest BCUT2D eigenvalue weighted by atomic mass is 9.88. The van der Waals surface area contributed by atoms with Crippen molar-refractivity contribution in [3.8, 4) is 0 Å². The number of nitrogens with zero attached hydrogens (tertiary/aromatic N) is 1. The number of nitrogens with two attached hydrogens (primary N) is 1. The predicted molar refractivity (Wildman–Crippen MR) is 98.1 cm³/mol. The molecule has 2 fully saturated rings. The molecule has 0 spiro atoms. The van der Waals surface area contributed by atoms with E-state index < -0.39 is 11.6 Å². The number of carbonyl (C=O) groups excluding carboxylic acids is 2. The molecule has 2 aliphatic carbocycles. The summed E-state index contributed by atoms with van der Waals surface area (Å²) in [6.45, 7) is 9.55. The second kappa shape index (κ2) is 7.94. The maximum atomic E-state index is 12.8. The Balaban J connectivity index is 2.11. The van der Waals surface area contributed by atoms with Crippen LogP contribution in [0.25, 0.3) is 0 Å². The van der Waals surface area contributed by atoms with Crippen molar-refractivity contribution >= 4 is 12.0 Å². The van der Waals surface area contributed by atoms with E-state index in [0.29, 0.717) is 0 Å². The first-order valence-electron chi connectivity index (χ1n) is 9.67. The van der Waals surface area contributed by atoms with Crippen LogP contribution in [-0.4, -0.2) is 46.7 Å². The van der Waals surface area contributed by atoms with Crippen molar-refractivity contribution in [2.75, 3.05) is 0 Å². The normalized spacial score (nSPS) is 25.4. The molecule has 2 rings (SSSR count). The third-order valence-corrected chi connectivity index (χ3v) is 4.98. The molecule has 2 saturated carbocycles. The quantitative estimate of drug-likeness (QED) is 0.796. The van der Waals surface area contributed by atoms with E-state index in [0.717, 1.165) is 38.5 Å². The van der Waals surface area contributed by atoms with Crippen LogP contribution in [0, 0.1) is 5.92 Å². The second-order valence-electron chi connectivity index (χ2n) is 8.86. The molecule has 0 aromatic carbocycles. The van der Waals surface area contributed by atoms with Gasteiger partial charge >= 0.3 is 6.09 Å². The fraction of sp³-hybridized carbons (Fsp3) is 0.895. The zero-order valence-corrected chi connectivity index (χ0v) is 16.4. The van der Waals surface area contributed by atoms with E-state index >= 15 is 0 Å². The molecule has 2 amide bonds. The lowest BCUT2D eigenvalue weighted by molar-refractivity contribution is -0.124. The molecule has 0 radical (unpaired) electrons. The Kier molecular flexibility index (Phi) is 6.35. The second-order valence-corrected chi connectivity index (χ2v) is 8.86. The van der Waals surface area contributed by atoms with Crippen LogP contribution >= 0.6 is 0 Å². The minimum absolute atomic E-state index is 0.000544. The molecule has 3 N–H and O–H groups in total. The molecule has 0 aliphatic heterocycles. The van der Waals surface area contributed by atoms with E-state index in [1.165, 1.54) is 0 Å². The van der Waals surface area contributed by atoms with Crippen molar-refractivity contribution in [1.82, 2.24) is 10.2 Å². The van der Waals surface area contributed by atoms with Crippen molar-refractivity contribution < 1.29 is 14.3 Å². The summed E-state index contributed by atoms with van der Waals surface area (Å²) < 4.78 is 5.64. The summed E-state index contributed by atoms with van der Waals surface area (Å²) in [5.41, 5.74) is 5.48. The molecule has 0 aromatic heterocycles. The van der Waals surface area contributed by atoms with E-state index in [1.54, 1.807) is 0 Å². The van der Waals surface area contributed by atoms with Crippen LogP contribution < -0.4 is 11.1 Å². The Bertz CT molecular complexity index is 483. The smallest absolute Gasteiger partial charge is 0.410 e. The molecule has 0 bridgehead atoms. The molecular formula is C19H35N3O3. The maximum Gasteiger partial charge on any atom is 0.410 e. The Hall–Kier alpha value is -1.30. The van der Waals surface area contributed by atoms with Gasteiger partial charge in [0.05, 0.1) is 12.1 Å². The summed E-state index contributed by atoms with van der Waals surface area (Å²) in [6.07, 6.45) is 5.69. The average Bonchev–Trinajstić information content (AvgIpc) is 3.31. The first kappa shape index (κ1) is 20.0. The molecule has 25 heavy (non-hydrogen) atoms. The van der Waals surface area contributed by atoms with Crippen LogP contribution in [0.1, 0.15) is 73.1 Å². The van der Waals surface area contributed by atoms with Crippen molar-refractivity contribution in [3.63, 3.8) is 0 Å². The van der Waals surface area contributed by atoms with Crippen molar-refractivity contribution in [1.29, 1.82) is 0 Å². The zero-order chi connectivity index (χ0) is 18.8. The number of ether oxygens (including phenoxy) is 1. The van der Waals surface area contributed by atoms with Crippen molar-refractivity contribution in [2.24, 2.45) is 11.7 Å². The highest BCUT2D eigenvalue weighted by Crippen LogP contribution is 2.35. The van der Waals surface area contributed by atoms with Gasteiger partial charge in [0.2, 0.25) is 5.91 Å². The Morgan fingerprint density at radius 2 is 1.72 bits per heavy atom. The molecule has 3 atom stereocenters. The third-order valence-electron chi connectivity index (χ3n) is 4.98. The number of hydrogen-bond donors (Lipinski definition) is 2. The summed E-state index contributed by atoms with van der Waals surface area (Å²) in [7, 11) is 0. The van der Waals surface area contributed by atoms with Gasteiger partial charge in [-0.2, -0.15) is 0 Å². The minimum atomic E-state index is -0.516. The monoisotopic (exact) mass is 353 g/mol. The van der Waals surface area contributed by atoms with Gasteiger partial charge in [0.15, 0.2) is 0 Å². The van der Waals surface area contributed by atoms with Gasteiger partial charge in [0.25, 0.3) is 0 Å². The van der Waals surface area contributed by atoms with Gasteiger partial charge in [0.1, 0.15) is 5.60 Å². The van der Waals surface area contributed by atoms with Crippen LogP contribution in [0.15, 0.2) is 0 Å². The van der Waals surface area contributed by atoms with E-state index in [2.05, 4.69) is 5.32 Å². The summed E-state index contributed by atoms with van der Waals surface area (Å²) in [4.78, 5) is 27.1. The summed E-state index contributed by atoms with van der Waals surface area (Å²) >= 11 is 0. The number of nitrogens with one attached hydrogen (secondary N) is 1. The average molecular weight is 354 g/mol. The Labute approximate surface area is 151 Å². The third kappa shape index (κ3) is 5.59. The number of amides is 2. The Morgan fingerprint density at radius 3 is 2.24 bits per heavy atom. The largest absolute Gasteiger partial charge is 0.444 e. The van der Waals surface area contributed by atoms with Gasteiger partial charge in [-0.25, -0.2) is 4.79 Å². The Morgan fingerprint density at radius 1 is 1.12 bits per heavy atom. The molecule has 0 heterocycles. The molecule has 2 unspecified atom stereocenters. The van der Waals surface area contributed by atoms with Crippen LogP contribution in [0.5, 0.6) is 0 Å². The number of hydrogen-bond acceptors (Lipinski definition) is 4. The SMILES string of the molecule is CC(C)[C@H](N)C(=O)NC1CCCCC1N(C(=O)OC(C)(C)C)C1CC1. The number of rotatable bonds is 5. The summed E-state index contributed by atoms with van der Waals surface area (Å²) in [5.74, 6) is -0.0285. The van der Waals surface area contributed by atoms with Gasteiger partial charge in [0, 0.05) is 12.1 Å². The fourth-order valence-corrected chi connectivity index (χ4v) is 3.42. The number of carbonyl (C=O) groups is 2. The van der Waals surface area contributed by atoms with E-state index in [4.69, 9.17) is 10.5 Å². The van der Waals surface area contributed by atoms with Gasteiger partial charge in [-0.15, -0.1) is 0 Å². The molecule has 0 aromatic rings. The first-order valence-corrected chi connectivity index (χ1v) is 9.67. The highest BCUT2D eigenvalue weighted by Gasteiger charge is 2.43. The fourth-order valence-electron chi connectivity index (χ4n) is 3.42. The predicted octanol–water partition coefficient (Wildman–Crippen LogP) is 2.80. The molecular weight excluding hydrogens is 318 g/mol. The van der Waals surface area contributed by atoms with Gasteiger partial charge < -0.3 is 20.7 Å². The minimum Gasteiger partial charge on any atom is -0.444 e. The zero-order valence-electron chi connectivity index (χ0n) is 16.4. The molecule has 144 valence electrons. The lowest BCUT2D eigenvalue weighted by Gasteiger charge is -2.41. The van der Waals surface area contributed by atoms with Crippen molar-refractivity contribution in [2.45, 2.75) is 103 Å². The van der Waals surface area contributed by atoms with Crippen LogP contribution in [-0.2, 0) is 9.53 Å². The van der Waals surface area contributed by atoms with E-state index in [9.17, 15) is 9.59 Å². The summed E-state index contributed by atoms with van der Waals surface area (Å²) in [6, 6.07) is -0.312. The molecule has 6 nitrogen and oxygen atoms in total. The molecule has 0 saturated heterocycles. The van der Waals surface area contributed by atoms with Crippen molar-refractivity contribution in [3.05, 3.63) is 0 Å². The van der Waals surface area contributed by atoms with Crippen LogP contribution in [0.2, 0.25) is 0 Å². The van der Waals surface area contributed by atoms with E-state index in [1.807, 2.05) is 39.5 Å². The maximum absolute atomic E-state index is 12.8. The van der Waals surface area contributed by atoms with Gasteiger partial charge in [-0.3, -0.25) is 4.79 Å². The van der Waals surface area contributed by atoms with Gasteiger partial charge in [-0.1, -0.05) is 26.7 Å². The summed E-state index contributed by atoms with van der Waals surface area (Å²) in [5, 5.41) is 3.12. The first-order chi connectivity index (χ1) is 11.6. The highest BCUT2D eigenvalue weighted by molar-refractivity contribution is 5.82. The standard InChI is InChI=1S/C19H35N3O3/c1-12(2)16(20)17(23)21-14-8-6-7-9-15(14)22(13-10-11-13)18(24)25-19(3,4)5/h12-16H,6-11,20H2,1-5H3,(H,21,23)/t14?,15?,16-/m0/s1. The van der Waals surface area contributed by atoms with Gasteiger partial charge in [-0.05, 0) is 52.4 Å². The van der Waals surface area contributed by atoms with E-state index in [-0.39, 0.29) is 36.0 Å². The highest BCUT2D eigenvalue weighted by atomic mass is 16.6.